The van der Waals surface area contributed by atoms with Gasteiger partial charge in [-0.2, -0.15) is 0 Å². The molecule has 6 nitrogen and oxygen atoms in total. The summed E-state index contributed by atoms with van der Waals surface area (Å²) in [6.07, 6.45) is 1.83. The summed E-state index contributed by atoms with van der Waals surface area (Å²) in [4.78, 5) is 8.73. The van der Waals surface area contributed by atoms with Gasteiger partial charge in [0.25, 0.3) is 0 Å². The average molecular weight is 465 g/mol. The molecule has 0 bridgehead atoms. The van der Waals surface area contributed by atoms with Crippen molar-refractivity contribution in [3.63, 3.8) is 0 Å². The highest BCUT2D eigenvalue weighted by atomic mass is 127. The molecule has 2 aromatic heterocycles. The van der Waals surface area contributed by atoms with Gasteiger partial charge in [-0.1, -0.05) is 43.3 Å². The largest absolute Gasteiger partial charge is 0.359 e. The fraction of sp³-hybridized carbons (Fsp3) is 0.316. The zero-order valence-electron chi connectivity index (χ0n) is 15.2. The van der Waals surface area contributed by atoms with Gasteiger partial charge in [0, 0.05) is 24.7 Å². The maximum absolute atomic E-state index is 5.33. The van der Waals surface area contributed by atoms with Gasteiger partial charge in [0.15, 0.2) is 11.7 Å². The summed E-state index contributed by atoms with van der Waals surface area (Å²) in [6, 6.07) is 12.2. The first-order chi connectivity index (χ1) is 12.2. The summed E-state index contributed by atoms with van der Waals surface area (Å²) in [6.45, 7) is 5.30. The molecule has 0 aliphatic carbocycles. The summed E-state index contributed by atoms with van der Waals surface area (Å²) >= 11 is 0. The van der Waals surface area contributed by atoms with E-state index in [0.717, 1.165) is 22.5 Å². The zero-order valence-corrected chi connectivity index (χ0v) is 17.5. The van der Waals surface area contributed by atoms with Crippen molar-refractivity contribution in [3.8, 4) is 0 Å². The van der Waals surface area contributed by atoms with Crippen molar-refractivity contribution in [1.29, 1.82) is 0 Å². The van der Waals surface area contributed by atoms with E-state index in [4.69, 9.17) is 4.52 Å². The van der Waals surface area contributed by atoms with Gasteiger partial charge in [-0.3, -0.25) is 9.98 Å². The number of benzene rings is 1. The number of pyridine rings is 1. The molecule has 0 saturated carbocycles. The second kappa shape index (κ2) is 9.51. The highest BCUT2D eigenvalue weighted by Crippen LogP contribution is 2.16. The van der Waals surface area contributed by atoms with E-state index in [-0.39, 0.29) is 24.0 Å². The average Bonchev–Trinajstić information content (AvgIpc) is 3.11. The summed E-state index contributed by atoms with van der Waals surface area (Å²) in [5, 5.41) is 12.9. The van der Waals surface area contributed by atoms with Gasteiger partial charge in [0.2, 0.25) is 0 Å². The van der Waals surface area contributed by atoms with Crippen LogP contribution < -0.4 is 10.6 Å². The Labute approximate surface area is 170 Å². The Bertz CT molecular complexity index is 870. The molecule has 0 saturated heterocycles. The minimum atomic E-state index is 0. The van der Waals surface area contributed by atoms with Crippen LogP contribution in [0.5, 0.6) is 0 Å². The topological polar surface area (TPSA) is 75.3 Å². The highest BCUT2D eigenvalue weighted by Gasteiger charge is 2.08. The van der Waals surface area contributed by atoms with Gasteiger partial charge in [0.1, 0.15) is 0 Å². The van der Waals surface area contributed by atoms with E-state index in [1.165, 1.54) is 5.39 Å². The number of guanidine groups is 1. The smallest absolute Gasteiger partial charge is 0.191 e. The number of hydrogen-bond acceptors (Lipinski definition) is 4. The quantitative estimate of drug-likeness (QED) is 0.341. The molecule has 0 aliphatic heterocycles. The Morgan fingerprint density at radius 2 is 1.92 bits per heavy atom. The number of nitrogens with zero attached hydrogens (tertiary/aromatic N) is 3. The normalized spacial score (nSPS) is 11.5. The first-order valence-corrected chi connectivity index (χ1v) is 8.40. The molecule has 0 atom stereocenters. The molecule has 3 aromatic rings. The van der Waals surface area contributed by atoms with Crippen molar-refractivity contribution in [2.45, 2.75) is 32.9 Å². The second-order valence-corrected chi connectivity index (χ2v) is 6.13. The maximum Gasteiger partial charge on any atom is 0.191 e. The lowest BCUT2D eigenvalue weighted by Gasteiger charge is -2.11. The number of hydrogen-bond donors (Lipinski definition) is 2. The van der Waals surface area contributed by atoms with Gasteiger partial charge in [-0.15, -0.1) is 24.0 Å². The molecular formula is C19H24IN5O. The molecule has 0 fully saturated rings. The predicted octanol–water partition coefficient (Wildman–Crippen LogP) is 3.83. The minimum absolute atomic E-state index is 0. The van der Waals surface area contributed by atoms with Crippen LogP contribution in [0.2, 0.25) is 0 Å². The highest BCUT2D eigenvalue weighted by molar-refractivity contribution is 14.0. The first kappa shape index (κ1) is 20.2. The lowest BCUT2D eigenvalue weighted by Crippen LogP contribution is -2.36. The van der Waals surface area contributed by atoms with Gasteiger partial charge in [0.05, 0.1) is 24.5 Å². The molecule has 26 heavy (non-hydrogen) atoms. The van der Waals surface area contributed by atoms with Crippen LogP contribution >= 0.6 is 24.0 Å². The standard InChI is InChI=1S/C19H23N5O.HI/c1-13(2)17-10-15(25-24-17)11-22-19(20-3)23-12-18-16-7-5-4-6-14(16)8-9-21-18;/h4-10,13H,11-12H2,1-3H3,(H2,20,22,23);1H. The predicted molar refractivity (Wildman–Crippen MR) is 115 cm³/mol. The lowest BCUT2D eigenvalue weighted by atomic mass is 10.1. The molecule has 0 amide bonds. The number of fused-ring (bicyclic) bond motifs is 1. The fourth-order valence-electron chi connectivity index (χ4n) is 2.57. The van der Waals surface area contributed by atoms with Crippen molar-refractivity contribution in [3.05, 3.63) is 59.7 Å². The number of rotatable bonds is 5. The van der Waals surface area contributed by atoms with E-state index >= 15 is 0 Å². The van der Waals surface area contributed by atoms with Crippen LogP contribution in [0, 0.1) is 0 Å². The molecule has 0 aliphatic rings. The summed E-state index contributed by atoms with van der Waals surface area (Å²) in [7, 11) is 1.74. The van der Waals surface area contributed by atoms with E-state index in [9.17, 15) is 0 Å². The van der Waals surface area contributed by atoms with E-state index in [2.05, 4.69) is 51.7 Å². The van der Waals surface area contributed by atoms with E-state index < -0.39 is 0 Å². The SMILES string of the molecule is CN=C(NCc1cc(C(C)C)no1)NCc1nccc2ccccc12.I. The van der Waals surface area contributed by atoms with E-state index in [1.54, 1.807) is 7.05 Å². The van der Waals surface area contributed by atoms with Crippen LogP contribution in [0.3, 0.4) is 0 Å². The van der Waals surface area contributed by atoms with Crippen molar-refractivity contribution in [2.75, 3.05) is 7.05 Å². The van der Waals surface area contributed by atoms with Crippen molar-refractivity contribution in [2.24, 2.45) is 4.99 Å². The Morgan fingerprint density at radius 1 is 1.15 bits per heavy atom. The summed E-state index contributed by atoms with van der Waals surface area (Å²) < 4.78 is 5.33. The van der Waals surface area contributed by atoms with Crippen LogP contribution in [0.15, 0.2) is 52.1 Å². The molecule has 0 spiro atoms. The van der Waals surface area contributed by atoms with Crippen LogP contribution in [-0.4, -0.2) is 23.1 Å². The molecule has 2 heterocycles. The number of halogens is 1. The van der Waals surface area contributed by atoms with Crippen molar-refractivity contribution >= 4 is 40.7 Å². The molecule has 2 N–H and O–H groups in total. The number of nitrogens with one attached hydrogen (secondary N) is 2. The van der Waals surface area contributed by atoms with E-state index in [1.807, 2.05) is 30.5 Å². The summed E-state index contributed by atoms with van der Waals surface area (Å²) in [5.41, 5.74) is 1.95. The van der Waals surface area contributed by atoms with Gasteiger partial charge >= 0.3 is 0 Å². The van der Waals surface area contributed by atoms with Crippen molar-refractivity contribution < 1.29 is 4.52 Å². The Balaban J connectivity index is 0.00000243. The fourth-order valence-corrected chi connectivity index (χ4v) is 2.57. The molecule has 3 rings (SSSR count). The van der Waals surface area contributed by atoms with Gasteiger partial charge in [-0.05, 0) is 17.4 Å². The second-order valence-electron chi connectivity index (χ2n) is 6.13. The Hall–Kier alpha value is -2.16. The lowest BCUT2D eigenvalue weighted by molar-refractivity contribution is 0.372. The monoisotopic (exact) mass is 465 g/mol. The van der Waals surface area contributed by atoms with E-state index in [0.29, 0.717) is 25.0 Å². The molecular weight excluding hydrogens is 441 g/mol. The van der Waals surface area contributed by atoms with Crippen LogP contribution in [-0.2, 0) is 13.1 Å². The summed E-state index contributed by atoms with van der Waals surface area (Å²) in [5.74, 6) is 1.83. The maximum atomic E-state index is 5.33. The molecule has 138 valence electrons. The van der Waals surface area contributed by atoms with Crippen molar-refractivity contribution in [1.82, 2.24) is 20.8 Å². The van der Waals surface area contributed by atoms with Crippen LogP contribution in [0.1, 0.15) is 36.9 Å². The van der Waals surface area contributed by atoms with Gasteiger partial charge < -0.3 is 15.2 Å². The molecule has 7 heteroatoms. The molecule has 1 aromatic carbocycles. The number of aromatic nitrogens is 2. The third-order valence-corrected chi connectivity index (χ3v) is 4.00. The third kappa shape index (κ3) is 4.94. The third-order valence-electron chi connectivity index (χ3n) is 4.00. The molecule has 0 radical (unpaired) electrons. The molecule has 0 unspecified atom stereocenters. The Kier molecular flexibility index (Phi) is 7.38. The van der Waals surface area contributed by atoms with Crippen LogP contribution in [0.4, 0.5) is 0 Å². The van der Waals surface area contributed by atoms with Crippen LogP contribution in [0.25, 0.3) is 10.8 Å². The number of aliphatic imine (C=N–C) groups is 1. The van der Waals surface area contributed by atoms with Gasteiger partial charge in [-0.25, -0.2) is 0 Å². The Morgan fingerprint density at radius 3 is 2.65 bits per heavy atom. The first-order valence-electron chi connectivity index (χ1n) is 8.40. The zero-order chi connectivity index (χ0) is 17.6. The minimum Gasteiger partial charge on any atom is -0.359 e.